The number of benzene rings is 1. The Kier molecular flexibility index (Phi) is 6.41. The van der Waals surface area contributed by atoms with Gasteiger partial charge in [0, 0.05) is 25.4 Å². The second kappa shape index (κ2) is 9.28. The summed E-state index contributed by atoms with van der Waals surface area (Å²) in [4.78, 5) is 37.4. The molecule has 0 saturated carbocycles. The van der Waals surface area contributed by atoms with Crippen LogP contribution in [-0.4, -0.2) is 50.4 Å². The fourth-order valence-electron chi connectivity index (χ4n) is 4.05. The molecule has 1 saturated heterocycles. The molecule has 0 bridgehead atoms. The highest BCUT2D eigenvalue weighted by Gasteiger charge is 2.40. The molecule has 2 amide bonds. The lowest BCUT2D eigenvalue weighted by atomic mass is 10.0. The third kappa shape index (κ3) is 4.95. The van der Waals surface area contributed by atoms with E-state index in [1.807, 2.05) is 13.8 Å². The Balaban J connectivity index is 1.48. The van der Waals surface area contributed by atoms with Crippen LogP contribution in [0.4, 0.5) is 23.7 Å². The van der Waals surface area contributed by atoms with Gasteiger partial charge in [-0.3, -0.25) is 14.3 Å². The molecule has 0 radical (unpaired) electrons. The van der Waals surface area contributed by atoms with Gasteiger partial charge < -0.3 is 4.90 Å². The summed E-state index contributed by atoms with van der Waals surface area (Å²) in [7, 11) is 0. The molecule has 1 aromatic carbocycles. The number of nitrogens with zero attached hydrogens (tertiary/aromatic N) is 5. The molecule has 1 atom stereocenters. The number of ketones is 1. The number of Topliss-reactive ketones (excluding diaryl/α,β-unsaturated/α-hetero) is 1. The van der Waals surface area contributed by atoms with E-state index in [2.05, 4.69) is 9.97 Å². The van der Waals surface area contributed by atoms with Gasteiger partial charge in [-0.1, -0.05) is 32.0 Å². The number of urea groups is 1. The van der Waals surface area contributed by atoms with Gasteiger partial charge in [-0.2, -0.15) is 13.2 Å². The molecular weight excluding hydrogens is 447 g/mol. The van der Waals surface area contributed by atoms with Gasteiger partial charge in [-0.05, 0) is 29.7 Å². The van der Waals surface area contributed by atoms with Crippen LogP contribution in [0.5, 0.6) is 0 Å². The average Bonchev–Trinajstić information content (AvgIpc) is 3.43. The Labute approximate surface area is 194 Å². The van der Waals surface area contributed by atoms with Crippen LogP contribution in [0, 0.1) is 5.92 Å². The van der Waals surface area contributed by atoms with E-state index in [4.69, 9.17) is 0 Å². The number of halogens is 3. The highest BCUT2D eigenvalue weighted by atomic mass is 19.4. The summed E-state index contributed by atoms with van der Waals surface area (Å²) in [5, 5.41) is 0. The van der Waals surface area contributed by atoms with Crippen LogP contribution >= 0.6 is 0 Å². The average molecular weight is 471 g/mol. The molecule has 34 heavy (non-hydrogen) atoms. The topological polar surface area (TPSA) is 71.3 Å². The number of pyridine rings is 1. The molecule has 178 valence electrons. The first-order valence-corrected chi connectivity index (χ1v) is 10.8. The van der Waals surface area contributed by atoms with Gasteiger partial charge in [0.05, 0.1) is 30.0 Å². The van der Waals surface area contributed by atoms with Crippen molar-refractivity contribution in [3.05, 3.63) is 72.4 Å². The molecule has 7 nitrogen and oxygen atoms in total. The van der Waals surface area contributed by atoms with Crippen molar-refractivity contribution in [2.75, 3.05) is 18.0 Å². The van der Waals surface area contributed by atoms with E-state index in [9.17, 15) is 22.8 Å². The lowest BCUT2D eigenvalue weighted by molar-refractivity contribution is -0.137. The van der Waals surface area contributed by atoms with E-state index in [1.54, 1.807) is 46.5 Å². The van der Waals surface area contributed by atoms with Crippen LogP contribution in [0.2, 0.25) is 0 Å². The van der Waals surface area contributed by atoms with Gasteiger partial charge in [0.15, 0.2) is 5.78 Å². The molecule has 3 aromatic rings. The van der Waals surface area contributed by atoms with E-state index in [0.29, 0.717) is 18.1 Å². The molecular formula is C24H24F3N5O2. The molecule has 1 fully saturated rings. The van der Waals surface area contributed by atoms with Crippen LogP contribution in [0.25, 0.3) is 5.82 Å². The number of alkyl halides is 3. The van der Waals surface area contributed by atoms with Gasteiger partial charge in [-0.25, -0.2) is 14.8 Å². The van der Waals surface area contributed by atoms with Crippen LogP contribution in [-0.2, 0) is 17.4 Å². The zero-order valence-electron chi connectivity index (χ0n) is 18.7. The first-order valence-electron chi connectivity index (χ1n) is 10.8. The van der Waals surface area contributed by atoms with Gasteiger partial charge in [0.1, 0.15) is 12.1 Å². The molecule has 3 heterocycles. The summed E-state index contributed by atoms with van der Waals surface area (Å²) in [6, 6.07) is 7.73. The Morgan fingerprint density at radius 1 is 1.21 bits per heavy atom. The summed E-state index contributed by atoms with van der Waals surface area (Å²) in [6.45, 7) is 4.15. The number of amides is 2. The number of aromatic nitrogens is 3. The Hall–Kier alpha value is -3.69. The van der Waals surface area contributed by atoms with Gasteiger partial charge >= 0.3 is 12.2 Å². The van der Waals surface area contributed by atoms with Crippen LogP contribution in [0.3, 0.4) is 0 Å². The van der Waals surface area contributed by atoms with Crippen molar-refractivity contribution in [3.63, 3.8) is 0 Å². The Morgan fingerprint density at radius 3 is 2.62 bits per heavy atom. The molecule has 1 aliphatic heterocycles. The first kappa shape index (κ1) is 23.5. The number of anilines is 1. The number of carbonyl (C=O) groups is 2. The predicted molar refractivity (Wildman–Crippen MR) is 120 cm³/mol. The minimum atomic E-state index is -4.48. The highest BCUT2D eigenvalue weighted by Crippen LogP contribution is 2.30. The predicted octanol–water partition coefficient (Wildman–Crippen LogP) is 4.36. The maximum atomic E-state index is 13.2. The number of rotatable bonds is 7. The van der Waals surface area contributed by atoms with E-state index >= 15 is 0 Å². The van der Waals surface area contributed by atoms with Gasteiger partial charge in [0.25, 0.3) is 0 Å². The standard InChI is InChI=1S/C24H24F3N5O2/c1-16(2)21-14-31(19-6-7-22(29-12-19)30-9-8-28-15-30)23(34)32(21)13-20(33)11-17-4-3-5-18(10-17)24(25,26)27/h3-10,12,15-16,21H,11,13-14H2,1-2H3/t21-/m1/s1. The SMILES string of the molecule is CC(C)[C@H]1CN(c2ccc(-n3ccnc3)nc2)C(=O)N1CC(=O)Cc1cccc(C(F)(F)F)c1. The van der Waals surface area contributed by atoms with Crippen molar-refractivity contribution in [2.45, 2.75) is 32.5 Å². The molecule has 2 aromatic heterocycles. The molecule has 0 aliphatic carbocycles. The van der Waals surface area contributed by atoms with Crippen molar-refractivity contribution in [2.24, 2.45) is 5.92 Å². The number of hydrogen-bond donors (Lipinski definition) is 0. The highest BCUT2D eigenvalue weighted by molar-refractivity contribution is 5.97. The summed E-state index contributed by atoms with van der Waals surface area (Å²) in [6.07, 6.45) is 1.96. The lowest BCUT2D eigenvalue weighted by Gasteiger charge is -2.25. The first-order chi connectivity index (χ1) is 16.1. The summed E-state index contributed by atoms with van der Waals surface area (Å²) in [5.41, 5.74) is 0.0731. The third-order valence-electron chi connectivity index (χ3n) is 5.83. The maximum absolute atomic E-state index is 13.2. The fraction of sp³-hybridized carbons (Fsp3) is 0.333. The Morgan fingerprint density at radius 2 is 2.00 bits per heavy atom. The van der Waals surface area contributed by atoms with Gasteiger partial charge in [-0.15, -0.1) is 0 Å². The quantitative estimate of drug-likeness (QED) is 0.513. The molecule has 4 rings (SSSR count). The summed E-state index contributed by atoms with van der Waals surface area (Å²) >= 11 is 0. The van der Waals surface area contributed by atoms with Crippen molar-refractivity contribution < 1.29 is 22.8 Å². The number of imidazole rings is 1. The fourth-order valence-corrected chi connectivity index (χ4v) is 4.05. The van der Waals surface area contributed by atoms with E-state index in [-0.39, 0.29) is 42.3 Å². The zero-order chi connectivity index (χ0) is 24.5. The lowest BCUT2D eigenvalue weighted by Crippen LogP contribution is -2.41. The normalized spacial score (nSPS) is 16.5. The smallest absolute Gasteiger partial charge is 0.312 e. The number of hydrogen-bond acceptors (Lipinski definition) is 4. The van der Waals surface area contributed by atoms with Crippen LogP contribution < -0.4 is 4.90 Å². The molecule has 0 unspecified atom stereocenters. The third-order valence-corrected chi connectivity index (χ3v) is 5.83. The van der Waals surface area contributed by atoms with E-state index in [1.165, 1.54) is 17.0 Å². The minimum absolute atomic E-state index is 0.0773. The molecule has 1 aliphatic rings. The largest absolute Gasteiger partial charge is 0.416 e. The van der Waals surface area contributed by atoms with Crippen LogP contribution in [0.15, 0.2) is 61.3 Å². The second-order valence-corrected chi connectivity index (χ2v) is 8.59. The van der Waals surface area contributed by atoms with E-state index in [0.717, 1.165) is 12.1 Å². The van der Waals surface area contributed by atoms with Crippen LogP contribution in [0.1, 0.15) is 25.0 Å². The van der Waals surface area contributed by atoms with Crippen molar-refractivity contribution in [3.8, 4) is 5.82 Å². The molecule has 10 heteroatoms. The minimum Gasteiger partial charge on any atom is -0.312 e. The second-order valence-electron chi connectivity index (χ2n) is 8.59. The van der Waals surface area contributed by atoms with Gasteiger partial charge in [0.2, 0.25) is 0 Å². The van der Waals surface area contributed by atoms with E-state index < -0.39 is 11.7 Å². The number of carbonyl (C=O) groups excluding carboxylic acids is 2. The van der Waals surface area contributed by atoms with Crippen molar-refractivity contribution in [1.82, 2.24) is 19.4 Å². The van der Waals surface area contributed by atoms with Crippen molar-refractivity contribution in [1.29, 1.82) is 0 Å². The maximum Gasteiger partial charge on any atom is 0.416 e. The Bertz CT molecular complexity index is 1160. The molecule has 0 N–H and O–H groups in total. The zero-order valence-corrected chi connectivity index (χ0v) is 18.7. The monoisotopic (exact) mass is 471 g/mol. The van der Waals surface area contributed by atoms with Crippen molar-refractivity contribution >= 4 is 17.5 Å². The summed E-state index contributed by atoms with van der Waals surface area (Å²) in [5.74, 6) is 0.406. The summed E-state index contributed by atoms with van der Waals surface area (Å²) < 4.78 is 40.7. The molecule has 0 spiro atoms.